The Bertz CT molecular complexity index is 582. The molecule has 18 heavy (non-hydrogen) atoms. The van der Waals surface area contributed by atoms with E-state index in [4.69, 9.17) is 4.74 Å². The van der Waals surface area contributed by atoms with Crippen molar-refractivity contribution in [1.82, 2.24) is 0 Å². The van der Waals surface area contributed by atoms with Gasteiger partial charge in [0.25, 0.3) is 0 Å². The number of fused-ring (bicyclic) bond motifs is 1. The van der Waals surface area contributed by atoms with Gasteiger partial charge in [-0.15, -0.1) is 0 Å². The zero-order valence-electron chi connectivity index (χ0n) is 10.1. The molecule has 0 amide bonds. The van der Waals surface area contributed by atoms with Crippen LogP contribution in [0.5, 0.6) is 5.75 Å². The first-order valence-electron chi connectivity index (χ1n) is 5.99. The van der Waals surface area contributed by atoms with E-state index in [1.165, 1.54) is 11.1 Å². The Morgan fingerprint density at radius 3 is 2.89 bits per heavy atom. The van der Waals surface area contributed by atoms with Crippen molar-refractivity contribution in [3.63, 3.8) is 0 Å². The van der Waals surface area contributed by atoms with Crippen LogP contribution in [0.3, 0.4) is 0 Å². The molecule has 1 unspecified atom stereocenters. The Kier molecular flexibility index (Phi) is 3.00. The molecule has 0 radical (unpaired) electrons. The van der Waals surface area contributed by atoms with Crippen LogP contribution < -0.4 is 10.1 Å². The maximum atomic E-state index is 6.07. The summed E-state index contributed by atoms with van der Waals surface area (Å²) in [6.07, 6.45) is 0.0832. The van der Waals surface area contributed by atoms with Crippen molar-refractivity contribution in [1.29, 1.82) is 0 Å². The second-order valence-corrected chi connectivity index (χ2v) is 5.40. The predicted molar refractivity (Wildman–Crippen MR) is 77.2 cm³/mol. The molecule has 0 bridgehead atoms. The van der Waals surface area contributed by atoms with Gasteiger partial charge < -0.3 is 10.1 Å². The molecule has 1 heterocycles. The van der Waals surface area contributed by atoms with Crippen LogP contribution in [0.1, 0.15) is 17.2 Å². The van der Waals surface area contributed by atoms with Crippen LogP contribution in [0, 0.1) is 6.92 Å². The van der Waals surface area contributed by atoms with Gasteiger partial charge in [-0.3, -0.25) is 0 Å². The van der Waals surface area contributed by atoms with Crippen molar-refractivity contribution in [3.8, 4) is 5.75 Å². The number of hydrogen-bond donors (Lipinski definition) is 1. The van der Waals surface area contributed by atoms with Crippen molar-refractivity contribution in [2.24, 2.45) is 0 Å². The fraction of sp³-hybridized carbons (Fsp3) is 0.200. The van der Waals surface area contributed by atoms with E-state index in [1.807, 2.05) is 18.2 Å². The minimum Gasteiger partial charge on any atom is -0.482 e. The Hall–Kier alpha value is -1.48. The quantitative estimate of drug-likeness (QED) is 0.848. The lowest BCUT2D eigenvalue weighted by molar-refractivity contribution is 0.209. The summed E-state index contributed by atoms with van der Waals surface area (Å²) in [4.78, 5) is 0. The summed E-state index contributed by atoms with van der Waals surface area (Å²) in [5.41, 5.74) is 3.57. The summed E-state index contributed by atoms with van der Waals surface area (Å²) in [7, 11) is 0. The summed E-state index contributed by atoms with van der Waals surface area (Å²) >= 11 is 3.47. The molecule has 2 aromatic carbocycles. The lowest BCUT2D eigenvalue weighted by atomic mass is 10.0. The highest BCUT2D eigenvalue weighted by molar-refractivity contribution is 9.10. The van der Waals surface area contributed by atoms with E-state index in [1.54, 1.807) is 0 Å². The maximum Gasteiger partial charge on any atom is 0.143 e. The molecule has 0 aliphatic carbocycles. The van der Waals surface area contributed by atoms with Crippen molar-refractivity contribution < 1.29 is 4.74 Å². The molecule has 3 rings (SSSR count). The van der Waals surface area contributed by atoms with E-state index in [2.05, 4.69) is 52.4 Å². The third-order valence-electron chi connectivity index (χ3n) is 3.22. The van der Waals surface area contributed by atoms with Gasteiger partial charge in [0.05, 0.1) is 12.2 Å². The van der Waals surface area contributed by atoms with Gasteiger partial charge in [0.1, 0.15) is 11.9 Å². The topological polar surface area (TPSA) is 21.3 Å². The van der Waals surface area contributed by atoms with E-state index >= 15 is 0 Å². The van der Waals surface area contributed by atoms with Gasteiger partial charge >= 0.3 is 0 Å². The zero-order valence-corrected chi connectivity index (χ0v) is 11.7. The van der Waals surface area contributed by atoms with Crippen molar-refractivity contribution in [2.75, 3.05) is 11.9 Å². The Morgan fingerprint density at radius 2 is 2.06 bits per heavy atom. The van der Waals surface area contributed by atoms with E-state index in [0.717, 1.165) is 22.5 Å². The molecule has 0 aromatic heterocycles. The molecule has 1 aliphatic rings. The van der Waals surface area contributed by atoms with Gasteiger partial charge in [0, 0.05) is 4.47 Å². The van der Waals surface area contributed by atoms with Crippen LogP contribution in [-0.4, -0.2) is 6.54 Å². The fourth-order valence-corrected chi connectivity index (χ4v) is 2.62. The molecular weight excluding hydrogens is 290 g/mol. The normalized spacial score (nSPS) is 17.6. The number of benzene rings is 2. The van der Waals surface area contributed by atoms with Gasteiger partial charge in [-0.1, -0.05) is 40.2 Å². The molecule has 3 heteroatoms. The Morgan fingerprint density at radius 1 is 1.22 bits per heavy atom. The van der Waals surface area contributed by atoms with Gasteiger partial charge in [0.15, 0.2) is 0 Å². The first-order chi connectivity index (χ1) is 8.74. The molecule has 2 aromatic rings. The number of rotatable bonds is 1. The third kappa shape index (κ3) is 2.10. The average molecular weight is 304 g/mol. The van der Waals surface area contributed by atoms with E-state index < -0.39 is 0 Å². The number of aryl methyl sites for hydroxylation is 1. The fourth-order valence-electron chi connectivity index (χ4n) is 2.26. The van der Waals surface area contributed by atoms with Crippen molar-refractivity contribution >= 4 is 21.6 Å². The second kappa shape index (κ2) is 4.65. The molecule has 1 aliphatic heterocycles. The van der Waals surface area contributed by atoms with Gasteiger partial charge in [-0.2, -0.15) is 0 Å². The Labute approximate surface area is 115 Å². The minimum absolute atomic E-state index is 0.0832. The molecule has 1 atom stereocenters. The van der Waals surface area contributed by atoms with Crippen molar-refractivity contribution in [2.45, 2.75) is 13.0 Å². The third-order valence-corrected chi connectivity index (χ3v) is 3.72. The number of anilines is 1. The van der Waals surface area contributed by atoms with Crippen LogP contribution in [0.2, 0.25) is 0 Å². The lowest BCUT2D eigenvalue weighted by Crippen LogP contribution is -2.24. The lowest BCUT2D eigenvalue weighted by Gasteiger charge is -2.28. The van der Waals surface area contributed by atoms with E-state index in [0.29, 0.717) is 0 Å². The molecule has 2 nitrogen and oxygen atoms in total. The number of hydrogen-bond acceptors (Lipinski definition) is 2. The Balaban J connectivity index is 1.92. The van der Waals surface area contributed by atoms with Gasteiger partial charge in [-0.05, 0) is 36.2 Å². The standard InChI is InChI=1S/C15H14BrNO/c1-10-4-2-3-5-12(10)15-9-17-13-8-11(16)6-7-14(13)18-15/h2-8,15,17H,9H2,1H3. The average Bonchev–Trinajstić information content (AvgIpc) is 2.39. The highest BCUT2D eigenvalue weighted by Crippen LogP contribution is 2.36. The summed E-state index contributed by atoms with van der Waals surface area (Å²) in [6, 6.07) is 14.4. The number of ether oxygens (including phenoxy) is 1. The summed E-state index contributed by atoms with van der Waals surface area (Å²) in [6.45, 7) is 2.92. The summed E-state index contributed by atoms with van der Waals surface area (Å²) < 4.78 is 7.13. The predicted octanol–water partition coefficient (Wildman–Crippen LogP) is 4.30. The maximum absolute atomic E-state index is 6.07. The molecule has 92 valence electrons. The van der Waals surface area contributed by atoms with Crippen LogP contribution in [0.4, 0.5) is 5.69 Å². The first-order valence-corrected chi connectivity index (χ1v) is 6.79. The van der Waals surface area contributed by atoms with Gasteiger partial charge in [0.2, 0.25) is 0 Å². The van der Waals surface area contributed by atoms with Crippen molar-refractivity contribution in [3.05, 3.63) is 58.1 Å². The molecule has 0 fully saturated rings. The summed E-state index contributed by atoms with van der Waals surface area (Å²) in [5.74, 6) is 0.915. The number of halogens is 1. The van der Waals surface area contributed by atoms with Crippen LogP contribution in [0.15, 0.2) is 46.9 Å². The molecule has 0 spiro atoms. The minimum atomic E-state index is 0.0832. The number of nitrogens with one attached hydrogen (secondary N) is 1. The second-order valence-electron chi connectivity index (χ2n) is 4.48. The van der Waals surface area contributed by atoms with E-state index in [-0.39, 0.29) is 6.10 Å². The molecular formula is C15H14BrNO. The van der Waals surface area contributed by atoms with Crippen LogP contribution >= 0.6 is 15.9 Å². The van der Waals surface area contributed by atoms with Crippen LogP contribution in [-0.2, 0) is 0 Å². The highest BCUT2D eigenvalue weighted by atomic mass is 79.9. The molecule has 0 saturated heterocycles. The molecule has 0 saturated carbocycles. The highest BCUT2D eigenvalue weighted by Gasteiger charge is 2.21. The van der Waals surface area contributed by atoms with E-state index in [9.17, 15) is 0 Å². The SMILES string of the molecule is Cc1ccccc1C1CNc2cc(Br)ccc2O1. The smallest absolute Gasteiger partial charge is 0.143 e. The first kappa shape index (κ1) is 11.6. The monoisotopic (exact) mass is 303 g/mol. The van der Waals surface area contributed by atoms with Gasteiger partial charge in [-0.25, -0.2) is 0 Å². The zero-order chi connectivity index (χ0) is 12.5. The molecule has 1 N–H and O–H groups in total. The van der Waals surface area contributed by atoms with Crippen LogP contribution in [0.25, 0.3) is 0 Å². The largest absolute Gasteiger partial charge is 0.482 e. The summed E-state index contributed by atoms with van der Waals surface area (Å²) in [5, 5.41) is 3.42.